The number of nitro benzene ring substituents is 1. The molecule has 0 spiro atoms. The molecule has 4 bridgehead atoms. The lowest BCUT2D eigenvalue weighted by Crippen LogP contribution is -2.54. The normalized spacial score (nSPS) is 26.0. The number of amides is 4. The van der Waals surface area contributed by atoms with Crippen LogP contribution in [-0.4, -0.2) is 29.9 Å². The highest BCUT2D eigenvalue weighted by atomic mass is 79.9. The fourth-order valence-corrected chi connectivity index (χ4v) is 8.94. The molecule has 4 amide bonds. The second-order valence-electron chi connectivity index (χ2n) is 13.0. The molecule has 1 saturated heterocycles. The lowest BCUT2D eigenvalue weighted by molar-refractivity contribution is -0.384. The number of non-ortho nitro benzene ring substituents is 1. The molecule has 236 valence electrons. The van der Waals surface area contributed by atoms with Crippen LogP contribution in [0.5, 0.6) is 11.5 Å². The Balaban J connectivity index is 1.12. The van der Waals surface area contributed by atoms with Gasteiger partial charge in [0.25, 0.3) is 17.5 Å². The van der Waals surface area contributed by atoms with Gasteiger partial charge in [0.05, 0.1) is 22.2 Å². The van der Waals surface area contributed by atoms with Gasteiger partial charge in [-0.3, -0.25) is 25.0 Å². The summed E-state index contributed by atoms with van der Waals surface area (Å²) in [7, 11) is 1.45. The summed E-state index contributed by atoms with van der Waals surface area (Å²) in [5.74, 6) is 1.52. The summed E-state index contributed by atoms with van der Waals surface area (Å²) < 4.78 is 11.9. The van der Waals surface area contributed by atoms with E-state index < -0.39 is 22.8 Å². The number of hydrogen-bond acceptors (Lipinski definition) is 7. The number of methoxy groups -OCH3 is 1. The van der Waals surface area contributed by atoms with Crippen LogP contribution in [0.2, 0.25) is 0 Å². The van der Waals surface area contributed by atoms with Crippen LogP contribution in [0.25, 0.3) is 6.08 Å². The number of imide groups is 2. The van der Waals surface area contributed by atoms with E-state index in [1.807, 2.05) is 12.1 Å². The topological polar surface area (TPSA) is 128 Å². The molecule has 0 unspecified atom stereocenters. The number of carbonyl (C=O) groups is 3. The van der Waals surface area contributed by atoms with Gasteiger partial charge in [-0.1, -0.05) is 24.3 Å². The number of rotatable bonds is 8. The van der Waals surface area contributed by atoms with Crippen molar-refractivity contribution in [3.63, 3.8) is 0 Å². The van der Waals surface area contributed by atoms with Gasteiger partial charge >= 0.3 is 6.03 Å². The van der Waals surface area contributed by atoms with Gasteiger partial charge in [-0.2, -0.15) is 0 Å². The van der Waals surface area contributed by atoms with Crippen molar-refractivity contribution < 1.29 is 28.8 Å². The fraction of sp³-hybridized carbons (Fsp3) is 0.343. The lowest BCUT2D eigenvalue weighted by Gasteiger charge is -2.57. The zero-order valence-corrected chi connectivity index (χ0v) is 26.7. The quantitative estimate of drug-likeness (QED) is 0.116. The average Bonchev–Trinajstić information content (AvgIpc) is 3.02. The van der Waals surface area contributed by atoms with E-state index in [1.165, 1.54) is 69.4 Å². The number of ether oxygens (including phenoxy) is 2. The van der Waals surface area contributed by atoms with E-state index in [9.17, 15) is 24.5 Å². The molecule has 8 rings (SSSR count). The number of anilines is 1. The minimum Gasteiger partial charge on any atom is -0.493 e. The van der Waals surface area contributed by atoms with Gasteiger partial charge < -0.3 is 9.47 Å². The van der Waals surface area contributed by atoms with Crippen LogP contribution >= 0.6 is 15.9 Å². The molecule has 1 aliphatic heterocycles. The maximum Gasteiger partial charge on any atom is 0.335 e. The van der Waals surface area contributed by atoms with Gasteiger partial charge in [-0.25, -0.2) is 9.69 Å². The molecule has 1 N–H and O–H groups in total. The van der Waals surface area contributed by atoms with E-state index >= 15 is 0 Å². The summed E-state index contributed by atoms with van der Waals surface area (Å²) in [5, 5.41) is 13.4. The molecule has 3 aromatic rings. The molecule has 0 radical (unpaired) electrons. The van der Waals surface area contributed by atoms with Crippen molar-refractivity contribution >= 4 is 51.2 Å². The number of nitrogens with one attached hydrogen (secondary N) is 1. The highest BCUT2D eigenvalue weighted by molar-refractivity contribution is 9.10. The van der Waals surface area contributed by atoms with Crippen molar-refractivity contribution in [3.05, 3.63) is 97.5 Å². The van der Waals surface area contributed by atoms with E-state index in [0.29, 0.717) is 32.8 Å². The van der Waals surface area contributed by atoms with E-state index in [0.717, 1.165) is 22.7 Å². The molecule has 1 heterocycles. The summed E-state index contributed by atoms with van der Waals surface area (Å²) in [6.45, 7) is 0.0384. The van der Waals surface area contributed by atoms with Crippen molar-refractivity contribution in [2.24, 2.45) is 17.8 Å². The number of carbonyl (C=O) groups excluding carboxylic acids is 3. The lowest BCUT2D eigenvalue weighted by atomic mass is 9.48. The first-order chi connectivity index (χ1) is 22.1. The first-order valence-electron chi connectivity index (χ1n) is 15.4. The Morgan fingerprint density at radius 1 is 1.00 bits per heavy atom. The molecule has 0 atom stereocenters. The predicted octanol–water partition coefficient (Wildman–Crippen LogP) is 7.08. The Bertz CT molecular complexity index is 1770. The summed E-state index contributed by atoms with van der Waals surface area (Å²) in [5.41, 5.74) is 2.66. The molecule has 4 saturated carbocycles. The van der Waals surface area contributed by atoms with E-state index in [-0.39, 0.29) is 23.3 Å². The molecule has 5 aliphatic rings. The second-order valence-corrected chi connectivity index (χ2v) is 13.8. The third-order valence-electron chi connectivity index (χ3n) is 9.95. The van der Waals surface area contributed by atoms with Crippen molar-refractivity contribution in [2.75, 3.05) is 12.0 Å². The van der Waals surface area contributed by atoms with Gasteiger partial charge in [-0.05, 0) is 125 Å². The van der Waals surface area contributed by atoms with E-state index in [4.69, 9.17) is 9.47 Å². The monoisotopic (exact) mass is 685 g/mol. The molecule has 11 heteroatoms. The van der Waals surface area contributed by atoms with Gasteiger partial charge in [0.2, 0.25) is 0 Å². The summed E-state index contributed by atoms with van der Waals surface area (Å²) in [6, 6.07) is 16.3. The minimum atomic E-state index is -0.794. The van der Waals surface area contributed by atoms with Crippen molar-refractivity contribution in [3.8, 4) is 11.5 Å². The summed E-state index contributed by atoms with van der Waals surface area (Å²) >= 11 is 3.47. The highest BCUT2D eigenvalue weighted by Gasteiger charge is 2.51. The van der Waals surface area contributed by atoms with Crippen LogP contribution in [0.3, 0.4) is 0 Å². The standard InChI is InChI=1S/C35H32BrN3O7/c1-45-30-15-21(14-29(36)31(30)46-19-20-3-2-4-27(12-20)39(43)44)13-28-32(40)37-34(42)38(33(28)41)26-7-5-25(6-8-26)35-16-22-9-23(17-35)11-24(10-22)18-35/h2-8,12-15,22-24H,9-11,16-19H2,1H3,(H,37,40,42)/b28-13+. The van der Waals surface area contributed by atoms with Gasteiger partial charge in [0.1, 0.15) is 12.2 Å². The Morgan fingerprint density at radius 3 is 2.30 bits per heavy atom. The smallest absolute Gasteiger partial charge is 0.335 e. The first-order valence-corrected chi connectivity index (χ1v) is 16.2. The van der Waals surface area contributed by atoms with Crippen LogP contribution in [0.1, 0.15) is 55.2 Å². The molecule has 3 aromatic carbocycles. The number of nitrogens with zero attached hydrogens (tertiary/aromatic N) is 2. The van der Waals surface area contributed by atoms with Crippen molar-refractivity contribution in [1.82, 2.24) is 5.32 Å². The predicted molar refractivity (Wildman–Crippen MR) is 173 cm³/mol. The number of barbiturate groups is 1. The molecule has 5 fully saturated rings. The van der Waals surface area contributed by atoms with Crippen LogP contribution in [-0.2, 0) is 21.6 Å². The summed E-state index contributed by atoms with van der Waals surface area (Å²) in [6.07, 6.45) is 9.07. The van der Waals surface area contributed by atoms with Crippen molar-refractivity contribution in [2.45, 2.75) is 50.5 Å². The number of nitro groups is 1. The minimum absolute atomic E-state index is 0.0384. The zero-order chi connectivity index (χ0) is 32.2. The zero-order valence-electron chi connectivity index (χ0n) is 25.2. The van der Waals surface area contributed by atoms with Gasteiger partial charge in [0.15, 0.2) is 11.5 Å². The van der Waals surface area contributed by atoms with Crippen LogP contribution < -0.4 is 19.7 Å². The van der Waals surface area contributed by atoms with Gasteiger partial charge in [0, 0.05) is 12.1 Å². The first kappa shape index (κ1) is 30.2. The van der Waals surface area contributed by atoms with Crippen LogP contribution in [0.4, 0.5) is 16.2 Å². The largest absolute Gasteiger partial charge is 0.493 e. The fourth-order valence-electron chi connectivity index (χ4n) is 8.37. The third-order valence-corrected chi connectivity index (χ3v) is 10.5. The average molecular weight is 687 g/mol. The number of benzene rings is 3. The number of halogens is 1. The molecule has 4 aliphatic carbocycles. The Labute approximate surface area is 274 Å². The Morgan fingerprint density at radius 2 is 1.67 bits per heavy atom. The SMILES string of the molecule is COc1cc(/C=C2\C(=O)NC(=O)N(c3ccc(C45CC6CC(CC(C6)C4)C5)cc3)C2=O)cc(Br)c1OCc1cccc([N+](=O)[O-])c1. The second kappa shape index (κ2) is 11.7. The van der Waals surface area contributed by atoms with E-state index in [1.54, 1.807) is 24.3 Å². The van der Waals surface area contributed by atoms with Crippen LogP contribution in [0.15, 0.2) is 70.7 Å². The Kier molecular flexibility index (Phi) is 7.67. The maximum atomic E-state index is 13.7. The molecule has 0 aromatic heterocycles. The maximum absolute atomic E-state index is 13.7. The van der Waals surface area contributed by atoms with E-state index in [2.05, 4.69) is 33.4 Å². The Hall–Kier alpha value is -4.51. The molecule has 46 heavy (non-hydrogen) atoms. The number of hydrogen-bond donors (Lipinski definition) is 1. The van der Waals surface area contributed by atoms with Gasteiger partial charge in [-0.15, -0.1) is 0 Å². The molecule has 10 nitrogen and oxygen atoms in total. The molecular weight excluding hydrogens is 654 g/mol. The number of urea groups is 1. The third kappa shape index (κ3) is 5.46. The summed E-state index contributed by atoms with van der Waals surface area (Å²) in [4.78, 5) is 51.1. The molecular formula is C35H32BrN3O7. The van der Waals surface area contributed by atoms with Crippen molar-refractivity contribution in [1.29, 1.82) is 0 Å². The van der Waals surface area contributed by atoms with Crippen LogP contribution in [0, 0.1) is 27.9 Å². The highest BCUT2D eigenvalue weighted by Crippen LogP contribution is 2.60.